The molecule has 0 heterocycles. The lowest BCUT2D eigenvalue weighted by atomic mass is 10.1. The van der Waals surface area contributed by atoms with Crippen molar-refractivity contribution in [3.63, 3.8) is 0 Å². The van der Waals surface area contributed by atoms with Crippen LogP contribution in [0.15, 0.2) is 0 Å². The van der Waals surface area contributed by atoms with Gasteiger partial charge in [0.1, 0.15) is 0 Å². The summed E-state index contributed by atoms with van der Waals surface area (Å²) in [6.45, 7) is 1.39. The molecule has 0 aromatic heterocycles. The van der Waals surface area contributed by atoms with Crippen LogP contribution in [0.3, 0.4) is 0 Å². The van der Waals surface area contributed by atoms with Gasteiger partial charge in [-0.15, -0.1) is 0 Å². The minimum absolute atomic E-state index is 0.195. The second-order valence-electron chi connectivity index (χ2n) is 3.57. The Morgan fingerprint density at radius 2 is 2.07 bits per heavy atom. The predicted molar refractivity (Wildman–Crippen MR) is 48.4 cm³/mol. The molecule has 1 rings (SSSR count). The highest BCUT2D eigenvalue weighted by atomic mass is 16.5. The quantitative estimate of drug-likeness (QED) is 0.587. The summed E-state index contributed by atoms with van der Waals surface area (Å²) in [5.41, 5.74) is 0. The Labute approximate surface area is 82.4 Å². The number of hydrogen-bond donors (Lipinski definition) is 2. The Bertz CT molecular complexity index is 241. The molecule has 0 aromatic carbocycles. The minimum Gasteiger partial charge on any atom is -0.469 e. The molecular formula is C9H15NO4. The van der Waals surface area contributed by atoms with Crippen LogP contribution in [-0.2, 0) is 14.3 Å². The lowest BCUT2D eigenvalue weighted by Gasteiger charge is -2.14. The molecule has 5 heteroatoms. The van der Waals surface area contributed by atoms with Crippen LogP contribution in [0.4, 0.5) is 0 Å². The Balaban J connectivity index is 2.51. The van der Waals surface area contributed by atoms with Crippen LogP contribution in [0.2, 0.25) is 0 Å². The van der Waals surface area contributed by atoms with Gasteiger partial charge in [0.25, 0.3) is 0 Å². The van der Waals surface area contributed by atoms with Gasteiger partial charge in [0.15, 0.2) is 0 Å². The monoisotopic (exact) mass is 201 g/mol. The van der Waals surface area contributed by atoms with E-state index in [0.717, 1.165) is 0 Å². The lowest BCUT2D eigenvalue weighted by Crippen LogP contribution is -2.38. The van der Waals surface area contributed by atoms with E-state index in [2.05, 4.69) is 10.1 Å². The number of amides is 1. The van der Waals surface area contributed by atoms with Gasteiger partial charge in [-0.05, 0) is 12.8 Å². The van der Waals surface area contributed by atoms with Gasteiger partial charge < -0.3 is 15.2 Å². The van der Waals surface area contributed by atoms with E-state index < -0.39 is 6.10 Å². The molecule has 0 spiro atoms. The maximum atomic E-state index is 11.1. The van der Waals surface area contributed by atoms with E-state index in [1.165, 1.54) is 14.0 Å². The maximum absolute atomic E-state index is 11.1. The SMILES string of the molecule is COC(=O)C1CC(O)C(NC(C)=O)C1. The van der Waals surface area contributed by atoms with Crippen molar-refractivity contribution in [1.29, 1.82) is 0 Å². The molecule has 80 valence electrons. The second kappa shape index (κ2) is 4.41. The third-order valence-corrected chi connectivity index (χ3v) is 2.45. The average molecular weight is 201 g/mol. The standard InChI is InChI=1S/C9H15NO4/c1-5(11)10-7-3-6(4-8(7)12)9(13)14-2/h6-8,12H,3-4H2,1-2H3,(H,10,11). The lowest BCUT2D eigenvalue weighted by molar-refractivity contribution is -0.145. The molecule has 1 aliphatic rings. The van der Waals surface area contributed by atoms with E-state index in [-0.39, 0.29) is 23.8 Å². The van der Waals surface area contributed by atoms with Gasteiger partial charge in [-0.3, -0.25) is 9.59 Å². The van der Waals surface area contributed by atoms with Gasteiger partial charge in [0.05, 0.1) is 25.2 Å². The fourth-order valence-electron chi connectivity index (χ4n) is 1.79. The Kier molecular flexibility index (Phi) is 3.46. The first-order valence-corrected chi connectivity index (χ1v) is 4.57. The van der Waals surface area contributed by atoms with E-state index in [1.54, 1.807) is 0 Å². The number of esters is 1. The second-order valence-corrected chi connectivity index (χ2v) is 3.57. The number of methoxy groups -OCH3 is 1. The Hall–Kier alpha value is -1.10. The van der Waals surface area contributed by atoms with Crippen LogP contribution in [0.1, 0.15) is 19.8 Å². The van der Waals surface area contributed by atoms with E-state index in [9.17, 15) is 14.7 Å². The van der Waals surface area contributed by atoms with Crippen molar-refractivity contribution in [2.24, 2.45) is 5.92 Å². The maximum Gasteiger partial charge on any atom is 0.308 e. The molecular weight excluding hydrogens is 186 g/mol. The van der Waals surface area contributed by atoms with Crippen LogP contribution in [0, 0.1) is 5.92 Å². The fourth-order valence-corrected chi connectivity index (χ4v) is 1.79. The minimum atomic E-state index is -0.650. The molecule has 2 N–H and O–H groups in total. The van der Waals surface area contributed by atoms with Crippen LogP contribution in [0.25, 0.3) is 0 Å². The van der Waals surface area contributed by atoms with Crippen molar-refractivity contribution in [3.05, 3.63) is 0 Å². The van der Waals surface area contributed by atoms with Crippen molar-refractivity contribution in [1.82, 2.24) is 5.32 Å². The molecule has 0 aromatic rings. The van der Waals surface area contributed by atoms with Crippen molar-refractivity contribution in [2.45, 2.75) is 31.9 Å². The van der Waals surface area contributed by atoms with E-state index in [1.807, 2.05) is 0 Å². The van der Waals surface area contributed by atoms with E-state index >= 15 is 0 Å². The number of carbonyl (C=O) groups excluding carboxylic acids is 2. The van der Waals surface area contributed by atoms with Gasteiger partial charge in [0, 0.05) is 6.92 Å². The highest BCUT2D eigenvalue weighted by Gasteiger charge is 2.37. The summed E-state index contributed by atoms with van der Waals surface area (Å²) < 4.78 is 4.57. The highest BCUT2D eigenvalue weighted by molar-refractivity contribution is 5.75. The van der Waals surface area contributed by atoms with Gasteiger partial charge in [-0.2, -0.15) is 0 Å². The summed E-state index contributed by atoms with van der Waals surface area (Å²) in [5, 5.41) is 12.1. The molecule has 5 nitrogen and oxygen atoms in total. The molecule has 0 aliphatic heterocycles. The largest absolute Gasteiger partial charge is 0.469 e. The van der Waals surface area contributed by atoms with E-state index in [0.29, 0.717) is 12.8 Å². The molecule has 14 heavy (non-hydrogen) atoms. The molecule has 1 fully saturated rings. The molecule has 1 aliphatic carbocycles. The number of nitrogens with one attached hydrogen (secondary N) is 1. The summed E-state index contributed by atoms with van der Waals surface area (Å²) in [7, 11) is 1.32. The zero-order valence-electron chi connectivity index (χ0n) is 8.32. The average Bonchev–Trinajstić information content (AvgIpc) is 2.46. The molecule has 0 bridgehead atoms. The molecule has 3 atom stereocenters. The summed E-state index contributed by atoms with van der Waals surface area (Å²) in [5.74, 6) is -0.816. The topological polar surface area (TPSA) is 75.6 Å². The first-order chi connectivity index (χ1) is 6.54. The highest BCUT2D eigenvalue weighted by Crippen LogP contribution is 2.26. The first-order valence-electron chi connectivity index (χ1n) is 4.57. The zero-order valence-corrected chi connectivity index (χ0v) is 8.32. The molecule has 3 unspecified atom stereocenters. The third kappa shape index (κ3) is 2.45. The van der Waals surface area contributed by atoms with Crippen LogP contribution in [0.5, 0.6) is 0 Å². The van der Waals surface area contributed by atoms with Gasteiger partial charge in [-0.25, -0.2) is 0 Å². The van der Waals surface area contributed by atoms with Gasteiger partial charge >= 0.3 is 5.97 Å². The Morgan fingerprint density at radius 3 is 2.57 bits per heavy atom. The summed E-state index contributed by atoms with van der Waals surface area (Å²) >= 11 is 0. The number of aliphatic hydroxyl groups is 1. The van der Waals surface area contributed by atoms with Crippen molar-refractivity contribution in [3.8, 4) is 0 Å². The van der Waals surface area contributed by atoms with Gasteiger partial charge in [0.2, 0.25) is 5.91 Å². The fraction of sp³-hybridized carbons (Fsp3) is 0.778. The van der Waals surface area contributed by atoms with Crippen LogP contribution in [-0.4, -0.2) is 36.2 Å². The number of ether oxygens (including phenoxy) is 1. The molecule has 1 amide bonds. The zero-order chi connectivity index (χ0) is 10.7. The number of carbonyl (C=O) groups is 2. The van der Waals surface area contributed by atoms with Crippen LogP contribution < -0.4 is 5.32 Å². The Morgan fingerprint density at radius 1 is 1.43 bits per heavy atom. The predicted octanol–water partition coefficient (Wildman–Crippen LogP) is -0.565. The van der Waals surface area contributed by atoms with E-state index in [4.69, 9.17) is 0 Å². The molecule has 0 radical (unpaired) electrons. The smallest absolute Gasteiger partial charge is 0.308 e. The normalized spacial score (nSPS) is 31.2. The molecule has 0 saturated heterocycles. The summed E-state index contributed by atoms with van der Waals surface area (Å²) in [6.07, 6.45) is 0.161. The number of rotatable bonds is 2. The summed E-state index contributed by atoms with van der Waals surface area (Å²) in [6, 6.07) is -0.323. The number of aliphatic hydroxyl groups excluding tert-OH is 1. The van der Waals surface area contributed by atoms with Crippen molar-refractivity contribution in [2.75, 3.05) is 7.11 Å². The third-order valence-electron chi connectivity index (χ3n) is 2.45. The molecule has 1 saturated carbocycles. The van der Waals surface area contributed by atoms with Crippen molar-refractivity contribution < 1.29 is 19.4 Å². The van der Waals surface area contributed by atoms with Crippen LogP contribution >= 0.6 is 0 Å². The first kappa shape index (κ1) is 11.0. The van der Waals surface area contributed by atoms with Crippen molar-refractivity contribution >= 4 is 11.9 Å². The summed E-state index contributed by atoms with van der Waals surface area (Å²) in [4.78, 5) is 21.9. The van der Waals surface area contributed by atoms with Gasteiger partial charge in [-0.1, -0.05) is 0 Å². The number of hydrogen-bond acceptors (Lipinski definition) is 4.